The van der Waals surface area contributed by atoms with E-state index in [4.69, 9.17) is 0 Å². The number of hydrogen-bond donors (Lipinski definition) is 0. The van der Waals surface area contributed by atoms with Gasteiger partial charge in [-0.1, -0.05) is 12.1 Å². The van der Waals surface area contributed by atoms with Crippen molar-refractivity contribution in [2.75, 3.05) is 0 Å². The lowest BCUT2D eigenvalue weighted by atomic mass is 10.1. The van der Waals surface area contributed by atoms with Crippen molar-refractivity contribution in [1.29, 1.82) is 0 Å². The summed E-state index contributed by atoms with van der Waals surface area (Å²) in [6, 6.07) is 3.71. The van der Waals surface area contributed by atoms with E-state index in [2.05, 4.69) is 16.3 Å². The van der Waals surface area contributed by atoms with Crippen LogP contribution in [-0.4, -0.2) is 17.5 Å². The summed E-state index contributed by atoms with van der Waals surface area (Å²) in [7, 11) is 0. The van der Waals surface area contributed by atoms with E-state index in [9.17, 15) is 26.7 Å². The molecule has 1 aromatic carbocycles. The average Bonchev–Trinajstić information content (AvgIpc) is 2.13. The number of rotatable bonds is 3. The smallest absolute Gasteiger partial charge is 0.405 e. The van der Waals surface area contributed by atoms with E-state index in [0.717, 1.165) is 24.3 Å². The zero-order chi connectivity index (χ0) is 13.3. The Morgan fingerprint density at radius 3 is 2.12 bits per heavy atom. The monoisotopic (exact) mass is 274 g/mol. The minimum Gasteiger partial charge on any atom is -0.405 e. The second-order valence-electron chi connectivity index (χ2n) is 2.87. The van der Waals surface area contributed by atoms with Crippen LogP contribution in [0.15, 0.2) is 24.3 Å². The summed E-state index contributed by atoms with van der Waals surface area (Å²) in [6.45, 7) is 0. The topological polar surface area (TPSA) is 26.3 Å². The molecule has 0 aromatic heterocycles. The van der Waals surface area contributed by atoms with Crippen LogP contribution in [0.3, 0.4) is 0 Å². The molecule has 8 heteroatoms. The van der Waals surface area contributed by atoms with Gasteiger partial charge in [0.15, 0.2) is 0 Å². The lowest BCUT2D eigenvalue weighted by molar-refractivity contribution is -0.274. The molecule has 0 aliphatic rings. The Labute approximate surface area is 96.9 Å². The first-order valence-electron chi connectivity index (χ1n) is 4.07. The molecule has 0 bridgehead atoms. The minimum atomic E-state index is -5.09. The van der Waals surface area contributed by atoms with Gasteiger partial charge in [0.25, 0.3) is 5.78 Å². The second kappa shape index (κ2) is 4.48. The molecule has 0 atom stereocenters. The first-order chi connectivity index (χ1) is 7.61. The molecule has 0 radical (unpaired) electrons. The third-order valence-corrected chi connectivity index (χ3v) is 1.79. The number of benzene rings is 1. The minimum absolute atomic E-state index is 0.739. The van der Waals surface area contributed by atoms with E-state index in [1.54, 1.807) is 0 Å². The predicted octanol–water partition coefficient (Wildman–Crippen LogP) is 3.60. The number of carbonyl (C=O) groups is 1. The summed E-state index contributed by atoms with van der Waals surface area (Å²) in [6.07, 6.45) is -5.09. The molecule has 0 N–H and O–H groups in total. The number of ether oxygens (including phenoxy) is 1. The zero-order valence-electron chi connectivity index (χ0n) is 7.89. The van der Waals surface area contributed by atoms with Gasteiger partial charge in [0.1, 0.15) is 5.75 Å². The summed E-state index contributed by atoms with van der Waals surface area (Å²) < 4.78 is 64.2. The average molecular weight is 275 g/mol. The van der Waals surface area contributed by atoms with Crippen molar-refractivity contribution in [2.24, 2.45) is 0 Å². The Balaban J connectivity index is 3.13. The highest BCUT2D eigenvalue weighted by molar-refractivity contribution is 6.35. The van der Waals surface area contributed by atoms with Gasteiger partial charge in [-0.3, -0.25) is 4.79 Å². The van der Waals surface area contributed by atoms with Crippen LogP contribution in [0.25, 0.3) is 0 Å². The van der Waals surface area contributed by atoms with E-state index in [1.807, 2.05) is 0 Å². The molecule has 1 rings (SSSR count). The molecule has 17 heavy (non-hydrogen) atoms. The molecule has 0 amide bonds. The third-order valence-electron chi connectivity index (χ3n) is 1.61. The normalized spacial score (nSPS) is 12.4. The molecule has 1 aromatic rings. The first-order valence-corrected chi connectivity index (χ1v) is 4.45. The van der Waals surface area contributed by atoms with Gasteiger partial charge >= 0.3 is 11.7 Å². The summed E-state index contributed by atoms with van der Waals surface area (Å²) in [5.74, 6) is -2.98. The van der Waals surface area contributed by atoms with Gasteiger partial charge in [-0.2, -0.15) is 8.78 Å². The van der Waals surface area contributed by atoms with E-state index in [1.165, 1.54) is 0 Å². The van der Waals surface area contributed by atoms with Gasteiger partial charge in [0, 0.05) is 0 Å². The SMILES string of the molecule is O=C(c1ccccc1OC(F)(F)F)C(F)(F)Cl. The van der Waals surface area contributed by atoms with Crippen LogP contribution in [0.4, 0.5) is 22.0 Å². The summed E-state index contributed by atoms with van der Waals surface area (Å²) in [4.78, 5) is 11.0. The molecule has 0 saturated carbocycles. The van der Waals surface area contributed by atoms with Crippen LogP contribution in [0.1, 0.15) is 10.4 Å². The second-order valence-corrected chi connectivity index (χ2v) is 3.35. The largest absolute Gasteiger partial charge is 0.573 e. The molecule has 0 spiro atoms. The molecule has 0 heterocycles. The van der Waals surface area contributed by atoms with Crippen LogP contribution in [0.2, 0.25) is 0 Å². The van der Waals surface area contributed by atoms with Gasteiger partial charge in [-0.25, -0.2) is 0 Å². The zero-order valence-corrected chi connectivity index (χ0v) is 8.65. The fourth-order valence-corrected chi connectivity index (χ4v) is 1.12. The van der Waals surface area contributed by atoms with Crippen LogP contribution in [0, 0.1) is 0 Å². The van der Waals surface area contributed by atoms with Crippen LogP contribution >= 0.6 is 11.6 Å². The molecular weight excluding hydrogens is 271 g/mol. The van der Waals surface area contributed by atoms with Crippen molar-refractivity contribution in [3.05, 3.63) is 29.8 Å². The van der Waals surface area contributed by atoms with Gasteiger partial charge in [0.2, 0.25) is 0 Å². The van der Waals surface area contributed by atoms with Crippen molar-refractivity contribution in [3.63, 3.8) is 0 Å². The Kier molecular flexibility index (Phi) is 3.61. The van der Waals surface area contributed by atoms with Gasteiger partial charge in [-0.15, -0.1) is 13.2 Å². The van der Waals surface area contributed by atoms with Gasteiger partial charge < -0.3 is 4.74 Å². The van der Waals surface area contributed by atoms with Crippen molar-refractivity contribution < 1.29 is 31.5 Å². The number of halogens is 6. The molecule has 0 saturated heterocycles. The molecular formula is C9H4ClF5O2. The highest BCUT2D eigenvalue weighted by atomic mass is 35.5. The predicted molar refractivity (Wildman–Crippen MR) is 48.3 cm³/mol. The molecule has 0 fully saturated rings. The molecule has 0 aliphatic carbocycles. The third kappa shape index (κ3) is 3.85. The highest BCUT2D eigenvalue weighted by Crippen LogP contribution is 2.32. The fraction of sp³-hybridized carbons (Fsp3) is 0.222. The number of carbonyl (C=O) groups excluding carboxylic acids is 1. The van der Waals surface area contributed by atoms with E-state index < -0.39 is 28.8 Å². The van der Waals surface area contributed by atoms with Crippen molar-refractivity contribution in [2.45, 2.75) is 11.7 Å². The van der Waals surface area contributed by atoms with E-state index >= 15 is 0 Å². The van der Waals surface area contributed by atoms with Crippen molar-refractivity contribution >= 4 is 17.4 Å². The summed E-state index contributed by atoms with van der Waals surface area (Å²) in [5, 5.41) is -4.29. The Hall–Kier alpha value is -1.37. The first kappa shape index (κ1) is 13.7. The van der Waals surface area contributed by atoms with E-state index in [0.29, 0.717) is 0 Å². The van der Waals surface area contributed by atoms with Crippen LogP contribution < -0.4 is 4.74 Å². The number of ketones is 1. The number of para-hydroxylation sites is 1. The molecule has 0 unspecified atom stereocenters. The van der Waals surface area contributed by atoms with Crippen molar-refractivity contribution in [3.8, 4) is 5.75 Å². The fourth-order valence-electron chi connectivity index (χ4n) is 1.02. The van der Waals surface area contributed by atoms with Crippen LogP contribution in [0.5, 0.6) is 5.75 Å². The summed E-state index contributed by atoms with van der Waals surface area (Å²) in [5.41, 5.74) is -0.940. The molecule has 2 nitrogen and oxygen atoms in total. The van der Waals surface area contributed by atoms with Crippen LogP contribution in [-0.2, 0) is 0 Å². The van der Waals surface area contributed by atoms with Gasteiger partial charge in [-0.05, 0) is 23.7 Å². The standard InChI is InChI=1S/C9H4ClF5O2/c10-8(11,12)7(16)5-3-1-2-4-6(5)17-9(13,14)15/h1-4H. The Morgan fingerprint density at radius 1 is 1.12 bits per heavy atom. The quantitative estimate of drug-likeness (QED) is 0.478. The van der Waals surface area contributed by atoms with Crippen molar-refractivity contribution in [1.82, 2.24) is 0 Å². The molecule has 0 aliphatic heterocycles. The lowest BCUT2D eigenvalue weighted by Crippen LogP contribution is -2.24. The maximum absolute atomic E-state index is 12.5. The maximum Gasteiger partial charge on any atom is 0.573 e. The van der Waals surface area contributed by atoms with E-state index in [-0.39, 0.29) is 0 Å². The number of hydrogen-bond acceptors (Lipinski definition) is 2. The number of Topliss-reactive ketones (excluding diaryl/α,β-unsaturated/α-hetero) is 1. The number of alkyl halides is 6. The Morgan fingerprint density at radius 2 is 1.65 bits per heavy atom. The summed E-state index contributed by atoms with van der Waals surface area (Å²) >= 11 is 4.44. The highest BCUT2D eigenvalue weighted by Gasteiger charge is 2.40. The molecule has 94 valence electrons. The maximum atomic E-state index is 12.5. The van der Waals surface area contributed by atoms with Gasteiger partial charge in [0.05, 0.1) is 5.56 Å². The lowest BCUT2D eigenvalue weighted by Gasteiger charge is -2.13. The Bertz CT molecular complexity index is 424.